The number of esters is 3. The van der Waals surface area contributed by atoms with E-state index in [9.17, 15) is 42.3 Å². The Balaban J connectivity index is 0.00000113. The summed E-state index contributed by atoms with van der Waals surface area (Å²) in [7, 11) is 8.23. The molecule has 5 aromatic rings. The number of carbonyl (C=O) groups excluding carboxylic acids is 5. The number of rotatable bonds is 17. The van der Waals surface area contributed by atoms with Crippen LogP contribution in [-0.4, -0.2) is 114 Å². The molecule has 470 valence electrons. The summed E-state index contributed by atoms with van der Waals surface area (Å²) in [5.74, 6) is -1.73. The number of benzene rings is 5. The molecule has 0 aliphatic heterocycles. The van der Waals surface area contributed by atoms with Gasteiger partial charge in [0.05, 0.1) is 59.1 Å². The largest absolute Gasteiger partial charge is 0.508 e. The lowest BCUT2D eigenvalue weighted by Gasteiger charge is -2.23. The molecule has 5 aromatic carbocycles. The van der Waals surface area contributed by atoms with Gasteiger partial charge < -0.3 is 75.5 Å². The summed E-state index contributed by atoms with van der Waals surface area (Å²) in [6.45, 7) is 12.3. The Morgan fingerprint density at radius 3 is 1.13 bits per heavy atom. The molecule has 5 rings (SSSR count). The molecule has 4 atom stereocenters. The molecule has 11 N–H and O–H groups in total. The molecule has 2 amide bonds. The van der Waals surface area contributed by atoms with Crippen molar-refractivity contribution in [1.29, 1.82) is 0 Å². The smallest absolute Gasteiger partial charge is 0.408 e. The number of aryl methyl sites for hydroxylation is 1. The average Bonchev–Trinajstić information content (AvgIpc) is 3.53. The van der Waals surface area contributed by atoms with Crippen LogP contribution < -0.4 is 26.3 Å². The van der Waals surface area contributed by atoms with Crippen LogP contribution in [0.2, 0.25) is 0 Å². The summed E-state index contributed by atoms with van der Waals surface area (Å²) in [4.78, 5) is 68.5. The first-order valence-corrected chi connectivity index (χ1v) is 29.4. The minimum absolute atomic E-state index is 0.0273. The number of hydrogen-bond donors (Lipinski definition) is 9. The third-order valence-electron chi connectivity index (χ3n) is 10.3. The van der Waals surface area contributed by atoms with Crippen molar-refractivity contribution in [2.45, 2.75) is 114 Å². The van der Waals surface area contributed by atoms with E-state index in [1.165, 1.54) is 82.0 Å². The second-order valence-electron chi connectivity index (χ2n) is 19.4. The van der Waals surface area contributed by atoms with Gasteiger partial charge in [-0.3, -0.25) is 19.2 Å². The number of ether oxygens (including phenoxy) is 5. The highest BCUT2D eigenvalue weighted by Crippen LogP contribution is 2.26. The Bertz CT molecular complexity index is 2960. The molecule has 0 aromatic heterocycles. The first-order valence-electron chi connectivity index (χ1n) is 25.2. The van der Waals surface area contributed by atoms with E-state index in [1.54, 1.807) is 102 Å². The van der Waals surface area contributed by atoms with Crippen molar-refractivity contribution in [2.24, 2.45) is 11.5 Å². The van der Waals surface area contributed by atoms with Gasteiger partial charge in [-0.1, -0.05) is 66.2 Å². The number of carboxylic acid groups (broad SMARTS) is 1. The maximum Gasteiger partial charge on any atom is 0.408 e. The number of aliphatic hydroxyl groups excluding tert-OH is 1. The number of halogens is 2. The van der Waals surface area contributed by atoms with Gasteiger partial charge in [-0.25, -0.2) is 13.8 Å². The third-order valence-corrected chi connectivity index (χ3v) is 11.6. The summed E-state index contributed by atoms with van der Waals surface area (Å²) >= 11 is 0. The van der Waals surface area contributed by atoms with Gasteiger partial charge in [-0.2, -0.15) is 8.42 Å². The van der Waals surface area contributed by atoms with Crippen molar-refractivity contribution in [1.82, 2.24) is 10.6 Å². The molecule has 0 heterocycles. The summed E-state index contributed by atoms with van der Waals surface area (Å²) in [5.41, 5.74) is 13.6. The lowest BCUT2D eigenvalue weighted by atomic mass is 10.0. The first kappa shape index (κ1) is 77.3. The van der Waals surface area contributed by atoms with E-state index in [4.69, 9.17) is 54.5 Å². The molecule has 0 aliphatic carbocycles. The number of carbonyl (C=O) groups is 6. The van der Waals surface area contributed by atoms with Crippen molar-refractivity contribution in [2.75, 3.05) is 28.4 Å². The number of amides is 2. The molecule has 24 nitrogen and oxygen atoms in total. The Kier molecular flexibility index (Phi) is 35.5. The maximum atomic E-state index is 12.4. The van der Waals surface area contributed by atoms with E-state index in [1.807, 2.05) is 6.92 Å². The Hall–Kier alpha value is -7.72. The minimum Gasteiger partial charge on any atom is -0.508 e. The molecular formula is C57H76Cl2N4O20S2. The van der Waals surface area contributed by atoms with E-state index in [0.717, 1.165) is 18.2 Å². The lowest BCUT2D eigenvalue weighted by Crippen LogP contribution is -2.36. The number of methoxy groups -OCH3 is 3. The van der Waals surface area contributed by atoms with Crippen molar-refractivity contribution < 1.29 is 94.8 Å². The Morgan fingerprint density at radius 2 is 0.824 bits per heavy atom. The van der Waals surface area contributed by atoms with E-state index >= 15 is 0 Å². The molecule has 4 unspecified atom stereocenters. The second kappa shape index (κ2) is 39.0. The van der Waals surface area contributed by atoms with Gasteiger partial charge in [-0.05, 0) is 131 Å². The monoisotopic (exact) mass is 1270 g/mol. The molecule has 0 radical (unpaired) electrons. The van der Waals surface area contributed by atoms with E-state index in [-0.39, 0.29) is 65.6 Å². The lowest BCUT2D eigenvalue weighted by molar-refractivity contribution is -0.142. The highest BCUT2D eigenvalue weighted by molar-refractivity contribution is 8.26. The Labute approximate surface area is 506 Å². The van der Waals surface area contributed by atoms with Crippen LogP contribution >= 0.6 is 21.4 Å². The van der Waals surface area contributed by atoms with Crippen LogP contribution in [0.25, 0.3) is 0 Å². The van der Waals surface area contributed by atoms with Crippen molar-refractivity contribution in [3.8, 4) is 23.0 Å². The van der Waals surface area contributed by atoms with Gasteiger partial charge in [0.15, 0.2) is 0 Å². The van der Waals surface area contributed by atoms with Crippen LogP contribution in [0.1, 0.15) is 119 Å². The zero-order chi connectivity index (χ0) is 65.3. The van der Waals surface area contributed by atoms with Crippen LogP contribution in [0.5, 0.6) is 23.0 Å². The fraction of sp³-hybridized carbons (Fsp3) is 0.368. The van der Waals surface area contributed by atoms with Gasteiger partial charge in [-0.15, -0.1) is 0 Å². The maximum absolute atomic E-state index is 12.4. The highest BCUT2D eigenvalue weighted by atomic mass is 36.0. The van der Waals surface area contributed by atoms with Gasteiger partial charge >= 0.3 is 46.2 Å². The summed E-state index contributed by atoms with van der Waals surface area (Å²) in [5, 5.41) is 48.0. The minimum atomic E-state index is -3.99. The molecule has 0 aliphatic rings. The molecular weight excluding hydrogens is 1200 g/mol. The number of nitrogens with two attached hydrogens (primary N) is 2. The zero-order valence-corrected chi connectivity index (χ0v) is 51.9. The SMILES string of the molecule is CO.COC(=O)CC(N)c1ccc(O)cc1.COC(=O)CC(NC(=O)OC(C)(C)C)c1ccc(O)cc1.COC(=O)CC(NC(=O)OC(C)(C)C)c1ccc(OS(=O)(=O)c2ccc(C)cc2)cc1.NC(CC(=O)O)c1ccc(O)cc1.O=S(Cl)Cl. The van der Waals surface area contributed by atoms with Gasteiger partial charge in [0.25, 0.3) is 0 Å². The van der Waals surface area contributed by atoms with Crippen molar-refractivity contribution in [3.63, 3.8) is 0 Å². The zero-order valence-electron chi connectivity index (χ0n) is 48.8. The van der Waals surface area contributed by atoms with Crippen LogP contribution in [0.3, 0.4) is 0 Å². The van der Waals surface area contributed by atoms with Crippen molar-refractivity contribution in [3.05, 3.63) is 149 Å². The number of alkyl carbamates (subject to hydrolysis) is 2. The number of phenolic OH excluding ortho intramolecular Hbond substituents is 3. The molecule has 0 spiro atoms. The molecule has 28 heteroatoms. The number of phenols is 3. The standard InChI is InChI=1S/C22H27NO7S.C15H21NO5.C10H13NO3.C9H11NO3.CH4O.Cl2OS/c1-15-6-12-18(13-7-15)31(26,27)30-17-10-8-16(9-11-17)19(14-20(24)28-5)23-21(25)29-22(2,3)4;1-15(2,3)21-14(19)16-12(9-13(18)20-4)10-5-7-11(17)8-6-10;1-14-10(13)6-9(11)7-2-4-8(12)5-3-7;10-8(5-9(12)13)6-1-3-7(11)4-2-6;1-2;1-4(2)3/h6-13,19H,14H2,1-5H3,(H,23,25);5-8,12,17H,9H2,1-4H3,(H,16,19);2-5,9,12H,6,11H2,1H3;1-4,8,11H,5,10H2,(H,12,13);2H,1H3;. The number of aliphatic hydroxyl groups is 1. The molecule has 85 heavy (non-hydrogen) atoms. The molecule has 0 saturated heterocycles. The quantitative estimate of drug-likeness (QED) is 0.0181. The number of carboxylic acids is 1. The summed E-state index contributed by atoms with van der Waals surface area (Å²) in [6, 6.07) is 28.9. The van der Waals surface area contributed by atoms with Crippen LogP contribution in [0, 0.1) is 6.92 Å². The summed E-state index contributed by atoms with van der Waals surface area (Å²) < 4.78 is 63.4. The van der Waals surface area contributed by atoms with Gasteiger partial charge in [0.2, 0.25) is 9.23 Å². The fourth-order valence-corrected chi connectivity index (χ4v) is 7.31. The predicted molar refractivity (Wildman–Crippen MR) is 318 cm³/mol. The van der Waals surface area contributed by atoms with Crippen LogP contribution in [0.15, 0.2) is 126 Å². The molecule has 0 saturated carbocycles. The normalized spacial score (nSPS) is 12.0. The second-order valence-corrected chi connectivity index (χ2v) is 23.5. The van der Waals surface area contributed by atoms with E-state index in [2.05, 4.69) is 41.5 Å². The van der Waals surface area contributed by atoms with E-state index in [0.29, 0.717) is 16.7 Å². The van der Waals surface area contributed by atoms with Crippen LogP contribution in [-0.2, 0) is 62.2 Å². The number of nitrogens with one attached hydrogen (secondary N) is 2. The summed E-state index contributed by atoms with van der Waals surface area (Å²) in [6.07, 6.45) is -1.43. The average molecular weight is 1270 g/mol. The van der Waals surface area contributed by atoms with Gasteiger partial charge in [0, 0.05) is 40.6 Å². The van der Waals surface area contributed by atoms with Crippen molar-refractivity contribution >= 4 is 76.8 Å². The number of aliphatic carboxylic acids is 1. The third kappa shape index (κ3) is 35.2. The van der Waals surface area contributed by atoms with Crippen LogP contribution in [0.4, 0.5) is 9.59 Å². The van der Waals surface area contributed by atoms with E-state index < -0.39 is 78.8 Å². The topological polar surface area (TPSA) is 386 Å². The Morgan fingerprint density at radius 1 is 0.529 bits per heavy atom. The number of aromatic hydroxyl groups is 3. The number of hydrogen-bond acceptors (Lipinski definition) is 21. The predicted octanol–water partition coefficient (Wildman–Crippen LogP) is 8.89. The molecule has 0 fully saturated rings. The van der Waals surface area contributed by atoms with Gasteiger partial charge in [0.1, 0.15) is 39.1 Å². The fourth-order valence-electron chi connectivity index (χ4n) is 6.38. The highest BCUT2D eigenvalue weighted by Gasteiger charge is 2.25. The molecule has 0 bridgehead atoms. The first-order chi connectivity index (χ1) is 39.6.